The zero-order valence-electron chi connectivity index (χ0n) is 14.1. The zero-order chi connectivity index (χ0) is 14.6. The first kappa shape index (κ1) is 14.5. The van der Waals surface area contributed by atoms with E-state index in [9.17, 15) is 0 Å². The number of hydrogen-bond donors (Lipinski definition) is 1. The zero-order valence-corrected chi connectivity index (χ0v) is 14.1. The van der Waals surface area contributed by atoms with Gasteiger partial charge in [0.05, 0.1) is 12.2 Å². The predicted octanol–water partition coefficient (Wildman–Crippen LogP) is 4.14. The normalized spacial score (nSPS) is 53.9. The van der Waals surface area contributed by atoms with Crippen LogP contribution in [0.1, 0.15) is 72.1 Å². The summed E-state index contributed by atoms with van der Waals surface area (Å²) in [4.78, 5) is 0. The minimum atomic E-state index is 0.426. The molecule has 5 aliphatic rings. The first-order valence-corrected chi connectivity index (χ1v) is 9.44. The van der Waals surface area contributed by atoms with Crippen molar-refractivity contribution >= 4 is 0 Å². The highest BCUT2D eigenvalue weighted by atomic mass is 16.5. The molecule has 4 saturated carbocycles. The summed E-state index contributed by atoms with van der Waals surface area (Å²) in [7, 11) is 0. The summed E-state index contributed by atoms with van der Waals surface area (Å²) in [5, 5.41) is 4.06. The monoisotopic (exact) mass is 291 g/mol. The third-order valence-corrected chi connectivity index (χ3v) is 7.19. The maximum Gasteiger partial charge on any atom is 0.0565 e. The Morgan fingerprint density at radius 1 is 0.857 bits per heavy atom. The van der Waals surface area contributed by atoms with E-state index < -0.39 is 0 Å². The van der Waals surface area contributed by atoms with Gasteiger partial charge in [-0.3, -0.25) is 0 Å². The Labute approximate surface area is 130 Å². The molecular formula is C19H33NO. The molecule has 1 heterocycles. The van der Waals surface area contributed by atoms with Gasteiger partial charge in [-0.1, -0.05) is 0 Å². The van der Waals surface area contributed by atoms with E-state index in [1.54, 1.807) is 19.3 Å². The van der Waals surface area contributed by atoms with Crippen LogP contribution >= 0.6 is 0 Å². The summed E-state index contributed by atoms with van der Waals surface area (Å²) in [5.74, 6) is 3.19. The summed E-state index contributed by atoms with van der Waals surface area (Å²) >= 11 is 0. The molecule has 120 valence electrons. The van der Waals surface area contributed by atoms with E-state index in [-0.39, 0.29) is 0 Å². The van der Waals surface area contributed by atoms with E-state index in [0.29, 0.717) is 29.7 Å². The van der Waals surface area contributed by atoms with Crippen molar-refractivity contribution in [1.29, 1.82) is 0 Å². The van der Waals surface area contributed by atoms with Gasteiger partial charge in [-0.15, -0.1) is 0 Å². The fourth-order valence-electron chi connectivity index (χ4n) is 6.78. The Morgan fingerprint density at radius 3 is 1.81 bits per heavy atom. The van der Waals surface area contributed by atoms with Crippen LogP contribution in [0, 0.1) is 23.2 Å². The Morgan fingerprint density at radius 2 is 1.33 bits per heavy atom. The van der Waals surface area contributed by atoms with Crippen molar-refractivity contribution in [2.45, 2.75) is 96.4 Å². The SMILES string of the molecule is CC1CC(NC(C)C23CC4CC(CC(C4)C2)C3)CC(C)O1. The number of nitrogens with one attached hydrogen (secondary N) is 1. The van der Waals surface area contributed by atoms with Crippen molar-refractivity contribution in [2.75, 3.05) is 0 Å². The fourth-order valence-corrected chi connectivity index (χ4v) is 6.78. The van der Waals surface area contributed by atoms with Crippen molar-refractivity contribution in [3.63, 3.8) is 0 Å². The highest BCUT2D eigenvalue weighted by Crippen LogP contribution is 2.61. The molecule has 21 heavy (non-hydrogen) atoms. The van der Waals surface area contributed by atoms with Crippen molar-refractivity contribution in [2.24, 2.45) is 23.2 Å². The standard InChI is InChI=1S/C19H33NO/c1-12-4-18(5-13(2)21-12)20-14(3)19-9-15-6-16(10-19)8-17(7-15)11-19/h12-18,20H,4-11H2,1-3H3. The molecule has 2 heteroatoms. The lowest BCUT2D eigenvalue weighted by Crippen LogP contribution is -2.57. The highest BCUT2D eigenvalue weighted by Gasteiger charge is 2.53. The molecule has 5 rings (SSSR count). The number of ether oxygens (including phenoxy) is 1. The van der Waals surface area contributed by atoms with Gasteiger partial charge in [0.15, 0.2) is 0 Å². The minimum Gasteiger partial charge on any atom is -0.375 e. The molecular weight excluding hydrogens is 258 g/mol. The maximum atomic E-state index is 5.91. The van der Waals surface area contributed by atoms with Crippen molar-refractivity contribution in [1.82, 2.24) is 5.32 Å². The number of hydrogen-bond acceptors (Lipinski definition) is 2. The van der Waals surface area contributed by atoms with E-state index in [1.165, 1.54) is 32.1 Å². The Kier molecular flexibility index (Phi) is 3.61. The smallest absolute Gasteiger partial charge is 0.0565 e. The number of rotatable bonds is 3. The molecule has 4 bridgehead atoms. The summed E-state index contributed by atoms with van der Waals surface area (Å²) in [6.07, 6.45) is 12.4. The Bertz CT molecular complexity index is 348. The van der Waals surface area contributed by atoms with Crippen LogP contribution in [0.3, 0.4) is 0 Å². The van der Waals surface area contributed by atoms with Gasteiger partial charge in [0, 0.05) is 12.1 Å². The topological polar surface area (TPSA) is 21.3 Å². The van der Waals surface area contributed by atoms with Crippen molar-refractivity contribution in [3.05, 3.63) is 0 Å². The van der Waals surface area contributed by atoms with Crippen LogP contribution in [0.25, 0.3) is 0 Å². The van der Waals surface area contributed by atoms with Crippen LogP contribution in [0.4, 0.5) is 0 Å². The van der Waals surface area contributed by atoms with Crippen molar-refractivity contribution in [3.8, 4) is 0 Å². The fraction of sp³-hybridized carbons (Fsp3) is 1.00. The second kappa shape index (κ2) is 5.23. The summed E-state index contributed by atoms with van der Waals surface area (Å²) < 4.78 is 5.91. The average Bonchev–Trinajstić information content (AvgIpc) is 2.35. The Hall–Kier alpha value is -0.0800. The lowest BCUT2D eigenvalue weighted by Gasteiger charge is -2.59. The van der Waals surface area contributed by atoms with E-state index in [4.69, 9.17) is 4.74 Å². The highest BCUT2D eigenvalue weighted by molar-refractivity contribution is 5.05. The van der Waals surface area contributed by atoms with Crippen molar-refractivity contribution < 1.29 is 4.74 Å². The molecule has 1 N–H and O–H groups in total. The van der Waals surface area contributed by atoms with Gasteiger partial charge in [-0.25, -0.2) is 0 Å². The molecule has 0 amide bonds. The first-order chi connectivity index (χ1) is 10.0. The van der Waals surface area contributed by atoms with Crippen LogP contribution in [0.5, 0.6) is 0 Å². The second-order valence-electron chi connectivity index (χ2n) is 9.09. The van der Waals surface area contributed by atoms with Gasteiger partial charge in [-0.05, 0) is 95.3 Å². The van der Waals surface area contributed by atoms with E-state index in [1.807, 2.05) is 0 Å². The Balaban J connectivity index is 1.44. The summed E-state index contributed by atoms with van der Waals surface area (Å²) in [6, 6.07) is 1.38. The third-order valence-electron chi connectivity index (χ3n) is 7.19. The van der Waals surface area contributed by atoms with Crippen LogP contribution < -0.4 is 5.32 Å². The van der Waals surface area contributed by atoms with Crippen LogP contribution in [0.2, 0.25) is 0 Å². The van der Waals surface area contributed by atoms with E-state index in [0.717, 1.165) is 17.8 Å². The quantitative estimate of drug-likeness (QED) is 0.844. The molecule has 0 spiro atoms. The van der Waals surface area contributed by atoms with E-state index >= 15 is 0 Å². The second-order valence-corrected chi connectivity index (χ2v) is 9.09. The molecule has 1 saturated heterocycles. The lowest BCUT2D eigenvalue weighted by atomic mass is 9.48. The van der Waals surface area contributed by atoms with Gasteiger partial charge < -0.3 is 10.1 Å². The largest absolute Gasteiger partial charge is 0.375 e. The van der Waals surface area contributed by atoms with Gasteiger partial charge in [0.2, 0.25) is 0 Å². The molecule has 3 unspecified atom stereocenters. The molecule has 5 fully saturated rings. The molecule has 2 nitrogen and oxygen atoms in total. The predicted molar refractivity (Wildman–Crippen MR) is 86.2 cm³/mol. The molecule has 0 aromatic rings. The van der Waals surface area contributed by atoms with Gasteiger partial charge >= 0.3 is 0 Å². The van der Waals surface area contributed by atoms with Gasteiger partial charge in [-0.2, -0.15) is 0 Å². The molecule has 1 aliphatic heterocycles. The summed E-state index contributed by atoms with van der Waals surface area (Å²) in [5.41, 5.74) is 0.638. The molecule has 4 aliphatic carbocycles. The molecule has 0 aromatic heterocycles. The molecule has 3 atom stereocenters. The van der Waals surface area contributed by atoms with Crippen LogP contribution in [0.15, 0.2) is 0 Å². The average molecular weight is 291 g/mol. The minimum absolute atomic E-state index is 0.426. The van der Waals surface area contributed by atoms with E-state index in [2.05, 4.69) is 26.1 Å². The summed E-state index contributed by atoms with van der Waals surface area (Å²) in [6.45, 7) is 6.97. The molecule has 0 radical (unpaired) electrons. The maximum absolute atomic E-state index is 5.91. The van der Waals surface area contributed by atoms with Crippen LogP contribution in [-0.4, -0.2) is 24.3 Å². The van der Waals surface area contributed by atoms with Gasteiger partial charge in [0.25, 0.3) is 0 Å². The van der Waals surface area contributed by atoms with Crippen LogP contribution in [-0.2, 0) is 4.74 Å². The molecule has 0 aromatic carbocycles. The van der Waals surface area contributed by atoms with Gasteiger partial charge in [0.1, 0.15) is 0 Å². The first-order valence-electron chi connectivity index (χ1n) is 9.44. The third kappa shape index (κ3) is 2.67. The lowest BCUT2D eigenvalue weighted by molar-refractivity contribution is -0.0821.